The second kappa shape index (κ2) is 14.7. The summed E-state index contributed by atoms with van der Waals surface area (Å²) in [6.45, 7) is 1.78. The molecule has 8 nitrogen and oxygen atoms in total. The topological polar surface area (TPSA) is 80.3 Å². The second-order valence-electron chi connectivity index (χ2n) is 9.03. The number of amides is 3. The number of hydrogen-bond acceptors (Lipinski definition) is 6. The van der Waals surface area contributed by atoms with Crippen molar-refractivity contribution in [3.05, 3.63) is 46.2 Å². The maximum atomic E-state index is 13.5. The number of carbonyl (C=O) groups is 2. The van der Waals surface area contributed by atoms with Gasteiger partial charge in [0.05, 0.1) is 27.4 Å². The Labute approximate surface area is 218 Å². The highest BCUT2D eigenvalue weighted by atomic mass is 32.1. The predicted molar refractivity (Wildman–Crippen MR) is 142 cm³/mol. The van der Waals surface area contributed by atoms with Crippen LogP contribution in [0.25, 0.3) is 0 Å². The summed E-state index contributed by atoms with van der Waals surface area (Å²) in [5.41, 5.74) is 1.04. The van der Waals surface area contributed by atoms with Crippen molar-refractivity contribution >= 4 is 23.3 Å². The first kappa shape index (κ1) is 27.8. The number of methoxy groups -OCH3 is 3. The fourth-order valence-corrected chi connectivity index (χ4v) is 5.13. The van der Waals surface area contributed by atoms with Gasteiger partial charge < -0.3 is 29.3 Å². The molecule has 1 aliphatic rings. The largest absolute Gasteiger partial charge is 0.493 e. The van der Waals surface area contributed by atoms with Gasteiger partial charge in [-0.2, -0.15) is 0 Å². The molecule has 0 aliphatic heterocycles. The molecule has 1 saturated carbocycles. The van der Waals surface area contributed by atoms with Gasteiger partial charge in [-0.25, -0.2) is 4.79 Å². The number of nitrogens with zero attached hydrogens (tertiary/aromatic N) is 2. The molecule has 36 heavy (non-hydrogen) atoms. The van der Waals surface area contributed by atoms with E-state index in [0.29, 0.717) is 44.2 Å². The van der Waals surface area contributed by atoms with Crippen LogP contribution in [-0.4, -0.2) is 75.4 Å². The Morgan fingerprint density at radius 1 is 1.00 bits per heavy atom. The molecule has 1 aromatic carbocycles. The number of carbonyl (C=O) groups excluding carboxylic acids is 2. The Morgan fingerprint density at radius 3 is 2.44 bits per heavy atom. The molecule has 0 bridgehead atoms. The van der Waals surface area contributed by atoms with Crippen molar-refractivity contribution in [2.75, 3.05) is 47.6 Å². The minimum absolute atomic E-state index is 0.0131. The first-order chi connectivity index (χ1) is 17.5. The first-order valence-electron chi connectivity index (χ1n) is 12.6. The van der Waals surface area contributed by atoms with Gasteiger partial charge in [0.1, 0.15) is 6.54 Å². The summed E-state index contributed by atoms with van der Waals surface area (Å²) in [5, 5.41) is 5.14. The summed E-state index contributed by atoms with van der Waals surface area (Å²) in [6.07, 6.45) is 6.13. The molecule has 3 rings (SSSR count). The maximum absolute atomic E-state index is 13.5. The zero-order valence-corrected chi connectivity index (χ0v) is 22.5. The molecule has 0 unspecified atom stereocenters. The van der Waals surface area contributed by atoms with E-state index in [9.17, 15) is 9.59 Å². The van der Waals surface area contributed by atoms with Crippen molar-refractivity contribution in [3.8, 4) is 11.5 Å². The van der Waals surface area contributed by atoms with Crippen molar-refractivity contribution in [2.24, 2.45) is 0 Å². The zero-order valence-electron chi connectivity index (χ0n) is 21.7. The lowest BCUT2D eigenvalue weighted by Crippen LogP contribution is -2.50. The van der Waals surface area contributed by atoms with Gasteiger partial charge in [0, 0.05) is 31.1 Å². The SMILES string of the molecule is COCCN(CC(=O)N(CCc1ccc(OC)c(OC)c1)Cc1cccs1)C(=O)NC1CCCCC1. The lowest BCUT2D eigenvalue weighted by molar-refractivity contribution is -0.132. The van der Waals surface area contributed by atoms with Crippen LogP contribution >= 0.6 is 11.3 Å². The fraction of sp³-hybridized carbons (Fsp3) is 0.556. The highest BCUT2D eigenvalue weighted by molar-refractivity contribution is 7.09. The average Bonchev–Trinajstić information content (AvgIpc) is 3.42. The van der Waals surface area contributed by atoms with Crippen molar-refractivity contribution in [1.82, 2.24) is 15.1 Å². The Kier molecular flexibility index (Phi) is 11.4. The Balaban J connectivity index is 1.68. The van der Waals surface area contributed by atoms with Gasteiger partial charge in [-0.3, -0.25) is 4.79 Å². The summed E-state index contributed by atoms with van der Waals surface area (Å²) in [5.74, 6) is 1.25. The highest BCUT2D eigenvalue weighted by Crippen LogP contribution is 2.28. The number of rotatable bonds is 13. The summed E-state index contributed by atoms with van der Waals surface area (Å²) in [4.78, 5) is 31.1. The molecule has 0 atom stereocenters. The van der Waals surface area contributed by atoms with Crippen molar-refractivity contribution in [2.45, 2.75) is 51.1 Å². The van der Waals surface area contributed by atoms with Crippen LogP contribution in [-0.2, 0) is 22.5 Å². The van der Waals surface area contributed by atoms with Crippen LogP contribution in [0, 0.1) is 0 Å². The monoisotopic (exact) mass is 517 g/mol. The van der Waals surface area contributed by atoms with Crippen LogP contribution in [0.4, 0.5) is 4.79 Å². The van der Waals surface area contributed by atoms with Gasteiger partial charge in [-0.05, 0) is 48.4 Å². The molecule has 1 heterocycles. The van der Waals surface area contributed by atoms with Crippen LogP contribution in [0.2, 0.25) is 0 Å². The van der Waals surface area contributed by atoms with Crippen molar-refractivity contribution < 1.29 is 23.8 Å². The van der Waals surface area contributed by atoms with Crippen LogP contribution in [0.15, 0.2) is 35.7 Å². The van der Waals surface area contributed by atoms with E-state index in [4.69, 9.17) is 14.2 Å². The maximum Gasteiger partial charge on any atom is 0.318 e. The number of urea groups is 1. The highest BCUT2D eigenvalue weighted by Gasteiger charge is 2.24. The standard InChI is InChI=1S/C27H39N3O5S/c1-33-16-15-30(27(32)28-22-8-5-4-6-9-22)20-26(31)29(19-23-10-7-17-36-23)14-13-21-11-12-24(34-2)25(18-21)35-3/h7,10-12,17-18,22H,4-6,8-9,13-16,19-20H2,1-3H3,(H,28,32). The first-order valence-corrected chi connectivity index (χ1v) is 13.5. The smallest absolute Gasteiger partial charge is 0.318 e. The van der Waals surface area contributed by atoms with Gasteiger partial charge in [0.15, 0.2) is 11.5 Å². The lowest BCUT2D eigenvalue weighted by Gasteiger charge is -2.30. The van der Waals surface area contributed by atoms with Crippen molar-refractivity contribution in [1.29, 1.82) is 0 Å². The molecular weight excluding hydrogens is 478 g/mol. The van der Waals surface area contributed by atoms with Crippen LogP contribution in [0.3, 0.4) is 0 Å². The molecule has 2 aromatic rings. The molecule has 0 saturated heterocycles. The van der Waals surface area contributed by atoms with Gasteiger partial charge in [-0.15, -0.1) is 11.3 Å². The molecule has 1 N–H and O–H groups in total. The summed E-state index contributed by atoms with van der Waals surface area (Å²) in [6, 6.07) is 9.80. The third-order valence-corrected chi connectivity index (χ3v) is 7.37. The second-order valence-corrected chi connectivity index (χ2v) is 10.1. The van der Waals surface area contributed by atoms with Gasteiger partial charge >= 0.3 is 6.03 Å². The number of nitrogens with one attached hydrogen (secondary N) is 1. The molecule has 1 fully saturated rings. The summed E-state index contributed by atoms with van der Waals surface area (Å²) >= 11 is 1.62. The van der Waals surface area contributed by atoms with Crippen LogP contribution in [0.1, 0.15) is 42.5 Å². The van der Waals surface area contributed by atoms with Crippen molar-refractivity contribution in [3.63, 3.8) is 0 Å². The molecule has 1 aromatic heterocycles. The van der Waals surface area contributed by atoms with E-state index >= 15 is 0 Å². The van der Waals surface area contributed by atoms with E-state index in [1.807, 2.05) is 40.6 Å². The molecule has 0 spiro atoms. The third kappa shape index (κ3) is 8.41. The third-order valence-electron chi connectivity index (χ3n) is 6.51. The molecule has 3 amide bonds. The number of benzene rings is 1. The Morgan fingerprint density at radius 2 is 1.78 bits per heavy atom. The fourth-order valence-electron chi connectivity index (χ4n) is 4.41. The van der Waals surface area contributed by atoms with E-state index in [1.54, 1.807) is 37.6 Å². The average molecular weight is 518 g/mol. The molecular formula is C27H39N3O5S. The van der Waals surface area contributed by atoms with Crippen LogP contribution < -0.4 is 14.8 Å². The minimum atomic E-state index is -0.191. The quantitative estimate of drug-likeness (QED) is 0.428. The Bertz CT molecular complexity index is 947. The summed E-state index contributed by atoms with van der Waals surface area (Å²) < 4.78 is 16.0. The minimum Gasteiger partial charge on any atom is -0.493 e. The van der Waals surface area contributed by atoms with Gasteiger partial charge in [0.25, 0.3) is 0 Å². The Hall–Kier alpha value is -2.78. The normalized spacial score (nSPS) is 13.8. The number of thiophene rings is 1. The predicted octanol–water partition coefficient (Wildman–Crippen LogP) is 4.33. The zero-order chi connectivity index (χ0) is 25.8. The molecule has 1 aliphatic carbocycles. The van der Waals surface area contributed by atoms with E-state index in [2.05, 4.69) is 5.32 Å². The van der Waals surface area contributed by atoms with Gasteiger partial charge in [-0.1, -0.05) is 31.4 Å². The van der Waals surface area contributed by atoms with E-state index < -0.39 is 0 Å². The molecule has 198 valence electrons. The van der Waals surface area contributed by atoms with E-state index in [-0.39, 0.29) is 24.5 Å². The van der Waals surface area contributed by atoms with E-state index in [0.717, 1.165) is 36.1 Å². The molecule has 0 radical (unpaired) electrons. The summed E-state index contributed by atoms with van der Waals surface area (Å²) in [7, 11) is 4.82. The number of ether oxygens (including phenoxy) is 3. The molecule has 9 heteroatoms. The lowest BCUT2D eigenvalue weighted by atomic mass is 9.96. The van der Waals surface area contributed by atoms with E-state index in [1.165, 1.54) is 6.42 Å². The van der Waals surface area contributed by atoms with Gasteiger partial charge in [0.2, 0.25) is 5.91 Å². The number of hydrogen-bond donors (Lipinski definition) is 1. The van der Waals surface area contributed by atoms with Crippen LogP contribution in [0.5, 0.6) is 11.5 Å².